The summed E-state index contributed by atoms with van der Waals surface area (Å²) in [6.07, 6.45) is 0.512. The van der Waals surface area contributed by atoms with Gasteiger partial charge in [-0.1, -0.05) is 17.1 Å². The Bertz CT molecular complexity index is 1040. The van der Waals surface area contributed by atoms with E-state index in [1.807, 2.05) is 0 Å². The van der Waals surface area contributed by atoms with Crippen molar-refractivity contribution in [1.82, 2.24) is 9.60 Å². The monoisotopic (exact) mass is 395 g/mol. The van der Waals surface area contributed by atoms with Gasteiger partial charge in [-0.3, -0.25) is 14.1 Å². The van der Waals surface area contributed by atoms with E-state index < -0.39 is 67.2 Å². The number of carboxylic acid groups (broad SMARTS) is 1. The average Bonchev–Trinajstić information content (AvgIpc) is 3.04. The second kappa shape index (κ2) is 5.90. The molecule has 0 radical (unpaired) electrons. The van der Waals surface area contributed by atoms with E-state index in [2.05, 4.69) is 0 Å². The van der Waals surface area contributed by atoms with E-state index in [9.17, 15) is 42.0 Å². The normalized spacial score (nSPS) is 22.0. The molecule has 1 saturated heterocycles. The first kappa shape index (κ1) is 18.6. The first-order chi connectivity index (χ1) is 12.5. The van der Waals surface area contributed by atoms with Crippen LogP contribution in [0.3, 0.4) is 0 Å². The number of hydrogen-bond acceptors (Lipinski definition) is 7. The van der Waals surface area contributed by atoms with Gasteiger partial charge in [-0.25, -0.2) is 14.4 Å². The van der Waals surface area contributed by atoms with Gasteiger partial charge in [-0.2, -0.15) is 8.42 Å². The topological polar surface area (TPSA) is 163 Å². The third-order valence-corrected chi connectivity index (χ3v) is 5.32. The summed E-state index contributed by atoms with van der Waals surface area (Å²) in [4.78, 5) is 61.8. The predicted molar refractivity (Wildman–Crippen MR) is 86.2 cm³/mol. The molecule has 0 aromatic heterocycles. The van der Waals surface area contributed by atoms with Crippen molar-refractivity contribution in [2.75, 3.05) is 0 Å². The van der Waals surface area contributed by atoms with Crippen molar-refractivity contribution in [3.8, 4) is 0 Å². The molecule has 1 aromatic carbocycles. The smallest absolute Gasteiger partial charge is 0.377 e. The molecule has 2 aliphatic heterocycles. The number of carboxylic acids is 1. The van der Waals surface area contributed by atoms with Gasteiger partial charge in [-0.15, -0.1) is 0 Å². The largest absolute Gasteiger partial charge is 0.477 e. The quantitative estimate of drug-likeness (QED) is 0.379. The van der Waals surface area contributed by atoms with Crippen molar-refractivity contribution >= 4 is 45.4 Å². The number of benzene rings is 1. The van der Waals surface area contributed by atoms with Crippen LogP contribution in [0.15, 0.2) is 36.4 Å². The lowest BCUT2D eigenvalue weighted by molar-refractivity contribution is -0.169. The Kier molecular flexibility index (Phi) is 4.06. The van der Waals surface area contributed by atoms with E-state index in [4.69, 9.17) is 0 Å². The molecule has 27 heavy (non-hydrogen) atoms. The summed E-state index contributed by atoms with van der Waals surface area (Å²) >= 11 is 0. The van der Waals surface area contributed by atoms with E-state index in [-0.39, 0.29) is 5.01 Å². The second-order valence-electron chi connectivity index (χ2n) is 5.72. The number of carbonyl (C=O) groups is 5. The Morgan fingerprint density at radius 2 is 1.63 bits per heavy atom. The highest BCUT2D eigenvalue weighted by Gasteiger charge is 2.65. The maximum Gasteiger partial charge on any atom is 0.377 e. The van der Waals surface area contributed by atoms with Crippen molar-refractivity contribution < 1.29 is 42.0 Å². The minimum atomic E-state index is -5.00. The Morgan fingerprint density at radius 1 is 1.07 bits per heavy atom. The fraction of sp³-hybridized carbons (Fsp3) is 0.133. The third-order valence-electron chi connectivity index (χ3n) is 4.23. The minimum absolute atomic E-state index is 0.0882. The minimum Gasteiger partial charge on any atom is -0.477 e. The van der Waals surface area contributed by atoms with Gasteiger partial charge in [0.1, 0.15) is 5.56 Å². The maximum absolute atomic E-state index is 12.6. The van der Waals surface area contributed by atoms with Gasteiger partial charge >= 0.3 is 17.8 Å². The van der Waals surface area contributed by atoms with E-state index in [0.29, 0.717) is 0 Å². The summed E-state index contributed by atoms with van der Waals surface area (Å²) in [6, 6.07) is 4.71. The van der Waals surface area contributed by atoms with Crippen LogP contribution >= 0.6 is 0 Å². The Morgan fingerprint density at radius 3 is 2.11 bits per heavy atom. The number of hydrogen-bond donors (Lipinski definition) is 2. The number of rotatable bonds is 4. The molecular weight excluding hydrogens is 384 g/mol. The van der Waals surface area contributed by atoms with Crippen LogP contribution in [-0.4, -0.2) is 57.9 Å². The molecule has 1 aromatic rings. The molecule has 11 nitrogen and oxygen atoms in total. The number of aromatic carboxylic acids is 1. The number of amides is 4. The van der Waals surface area contributed by atoms with Crippen molar-refractivity contribution in [3.05, 3.63) is 42.0 Å². The lowest BCUT2D eigenvalue weighted by atomic mass is 10.1. The maximum atomic E-state index is 12.6. The van der Waals surface area contributed by atoms with Gasteiger partial charge in [-0.05, 0) is 10.7 Å². The molecule has 2 aliphatic rings. The third kappa shape index (κ3) is 2.50. The molecule has 12 heteroatoms. The standard InChI is InChI=1S/C15H10N2O9S/c18-11-7-10(27(24,25)26)14(21)16(11)17(12(19)5-6-13(17)20)9-4-2-1-3-8(9)15(22)23/h1-6,10H,7H2,(H-,22,23,24,25,26)/p+1/t10-/m0/s1. The molecule has 3 rings (SSSR count). The molecule has 1 atom stereocenters. The number of nitrogens with zero attached hydrogens (tertiary/aromatic N) is 2. The van der Waals surface area contributed by atoms with Crippen LogP contribution in [0.2, 0.25) is 0 Å². The zero-order chi connectivity index (χ0) is 20.1. The Balaban J connectivity index is 2.32. The molecular formula is C15H11N2O9S+. The summed E-state index contributed by atoms with van der Waals surface area (Å²) in [6.45, 7) is 0. The lowest BCUT2D eigenvalue weighted by Crippen LogP contribution is -2.68. The van der Waals surface area contributed by atoms with Crippen LogP contribution in [0, 0.1) is 0 Å². The van der Waals surface area contributed by atoms with E-state index in [1.54, 1.807) is 0 Å². The summed E-state index contributed by atoms with van der Waals surface area (Å²) in [5.41, 5.74) is -1.05. The van der Waals surface area contributed by atoms with Gasteiger partial charge in [0, 0.05) is 6.07 Å². The number of carbonyl (C=O) groups excluding carboxylic acids is 4. The van der Waals surface area contributed by atoms with Crippen molar-refractivity contribution in [3.63, 3.8) is 0 Å². The molecule has 0 saturated carbocycles. The van der Waals surface area contributed by atoms with E-state index >= 15 is 0 Å². The molecule has 4 amide bonds. The lowest BCUT2D eigenvalue weighted by Gasteiger charge is -2.33. The summed E-state index contributed by atoms with van der Waals surface area (Å²) < 4.78 is 30.2. The second-order valence-corrected chi connectivity index (χ2v) is 7.32. The highest BCUT2D eigenvalue weighted by molar-refractivity contribution is 7.87. The number of imide groups is 2. The molecule has 2 heterocycles. The van der Waals surface area contributed by atoms with Crippen LogP contribution in [0.25, 0.3) is 0 Å². The number of para-hydroxylation sites is 1. The highest BCUT2D eigenvalue weighted by atomic mass is 32.2. The van der Waals surface area contributed by atoms with Gasteiger partial charge in [0.25, 0.3) is 21.9 Å². The van der Waals surface area contributed by atoms with E-state index in [1.165, 1.54) is 12.1 Å². The first-order valence-corrected chi connectivity index (χ1v) is 8.86. The predicted octanol–water partition coefficient (Wildman–Crippen LogP) is -0.755. The molecule has 140 valence electrons. The van der Waals surface area contributed by atoms with Crippen molar-refractivity contribution in [1.29, 1.82) is 0 Å². The van der Waals surface area contributed by atoms with Crippen LogP contribution in [0.5, 0.6) is 0 Å². The van der Waals surface area contributed by atoms with Gasteiger partial charge in [0.2, 0.25) is 0 Å². The van der Waals surface area contributed by atoms with Crippen LogP contribution in [-0.2, 0) is 29.3 Å². The fourth-order valence-electron chi connectivity index (χ4n) is 3.09. The Hall–Kier alpha value is -3.22. The fourth-order valence-corrected chi connectivity index (χ4v) is 3.79. The SMILES string of the molecule is O=C(O)c1ccccc1[N+]1(N2C(=O)C[C@H](S(=O)(=O)O)C2=O)C(=O)C=CC1=O. The van der Waals surface area contributed by atoms with Crippen LogP contribution < -0.4 is 4.59 Å². The Labute approximate surface area is 151 Å². The van der Waals surface area contributed by atoms with Crippen molar-refractivity contribution in [2.45, 2.75) is 11.7 Å². The number of quaternary nitrogens is 1. The van der Waals surface area contributed by atoms with Gasteiger partial charge in [0.05, 0.1) is 18.6 Å². The van der Waals surface area contributed by atoms with Crippen molar-refractivity contribution in [2.24, 2.45) is 0 Å². The molecule has 2 N–H and O–H groups in total. The zero-order valence-corrected chi connectivity index (χ0v) is 14.1. The highest BCUT2D eigenvalue weighted by Crippen LogP contribution is 2.38. The first-order valence-electron chi connectivity index (χ1n) is 7.35. The molecule has 0 bridgehead atoms. The van der Waals surface area contributed by atoms with Crippen LogP contribution in [0.1, 0.15) is 16.8 Å². The summed E-state index contributed by atoms with van der Waals surface area (Å²) in [5.74, 6) is -6.54. The molecule has 0 spiro atoms. The molecule has 1 fully saturated rings. The molecule has 0 unspecified atom stereocenters. The van der Waals surface area contributed by atoms with Crippen LogP contribution in [0.4, 0.5) is 5.69 Å². The summed E-state index contributed by atoms with van der Waals surface area (Å²) in [5, 5.41) is 7.28. The average molecular weight is 395 g/mol. The van der Waals surface area contributed by atoms with E-state index in [0.717, 1.165) is 24.3 Å². The van der Waals surface area contributed by atoms with Gasteiger partial charge in [0.15, 0.2) is 10.9 Å². The zero-order valence-electron chi connectivity index (χ0n) is 13.3. The summed E-state index contributed by atoms with van der Waals surface area (Å²) in [7, 11) is -5.00. The molecule has 0 aliphatic carbocycles. The van der Waals surface area contributed by atoms with Gasteiger partial charge < -0.3 is 5.11 Å².